The molecule has 10 heteroatoms. The van der Waals surface area contributed by atoms with Gasteiger partial charge < -0.3 is 19.3 Å². The molecule has 0 aromatic heterocycles. The predicted octanol–water partition coefficient (Wildman–Crippen LogP) is 7.72. The van der Waals surface area contributed by atoms with Crippen LogP contribution in [0.4, 0.5) is 18.4 Å². The Bertz CT molecular complexity index is 1150. The van der Waals surface area contributed by atoms with Crippen molar-refractivity contribution in [2.75, 3.05) is 13.1 Å². The summed E-state index contributed by atoms with van der Waals surface area (Å²) >= 11 is 11.7. The molecule has 220 valence electrons. The van der Waals surface area contributed by atoms with Crippen LogP contribution in [0.5, 0.6) is 0 Å². The average Bonchev–Trinajstić information content (AvgIpc) is 2.85. The molecule has 0 saturated carbocycles. The first-order chi connectivity index (χ1) is 18.6. The van der Waals surface area contributed by atoms with Crippen molar-refractivity contribution in [3.8, 4) is 0 Å². The van der Waals surface area contributed by atoms with E-state index >= 15 is 0 Å². The second-order valence-electron chi connectivity index (χ2n) is 12.0. The minimum Gasteiger partial charge on any atom is -0.444 e. The van der Waals surface area contributed by atoms with Gasteiger partial charge in [-0.05, 0) is 112 Å². The molecule has 0 saturated heterocycles. The standard InChI is InChI=1S/2C15H19ClFNO2/c2*1-15(2,3)20-14(19)18-5-4-13-10(8-16)6-12(17)7-11(13)9-18/h2*6-7H,4-5,8-9H2,1-3H3. The third-order valence-corrected chi connectivity index (χ3v) is 6.95. The average molecular weight is 600 g/mol. The van der Waals surface area contributed by atoms with Crippen molar-refractivity contribution in [3.05, 3.63) is 69.3 Å². The Labute approximate surface area is 245 Å². The molecular weight excluding hydrogens is 561 g/mol. The van der Waals surface area contributed by atoms with Crippen LogP contribution < -0.4 is 0 Å². The molecule has 2 amide bonds. The molecule has 2 heterocycles. The number of amides is 2. The van der Waals surface area contributed by atoms with Gasteiger partial charge in [0.1, 0.15) is 22.8 Å². The summed E-state index contributed by atoms with van der Waals surface area (Å²) in [5.41, 5.74) is 4.32. The highest BCUT2D eigenvalue weighted by molar-refractivity contribution is 6.17. The summed E-state index contributed by atoms with van der Waals surface area (Å²) < 4.78 is 37.8. The molecule has 0 bridgehead atoms. The van der Waals surface area contributed by atoms with Crippen molar-refractivity contribution in [3.63, 3.8) is 0 Å². The zero-order valence-electron chi connectivity index (χ0n) is 24.0. The maximum Gasteiger partial charge on any atom is 0.410 e. The normalized spacial score (nSPS) is 14.9. The van der Waals surface area contributed by atoms with E-state index in [1.54, 1.807) is 9.80 Å². The molecule has 0 aliphatic carbocycles. The van der Waals surface area contributed by atoms with E-state index in [4.69, 9.17) is 32.7 Å². The summed E-state index contributed by atoms with van der Waals surface area (Å²) in [7, 11) is 0. The molecule has 40 heavy (non-hydrogen) atoms. The van der Waals surface area contributed by atoms with Gasteiger partial charge in [0.05, 0.1) is 0 Å². The largest absolute Gasteiger partial charge is 0.444 e. The highest BCUT2D eigenvalue weighted by Crippen LogP contribution is 2.28. The highest BCUT2D eigenvalue weighted by Gasteiger charge is 2.28. The summed E-state index contributed by atoms with van der Waals surface area (Å²) in [4.78, 5) is 27.3. The van der Waals surface area contributed by atoms with Gasteiger partial charge in [-0.15, -0.1) is 23.2 Å². The molecule has 0 fully saturated rings. The van der Waals surface area contributed by atoms with Crippen LogP contribution in [0.2, 0.25) is 0 Å². The SMILES string of the molecule is CC(C)(C)OC(=O)N1CCc2c(CCl)cc(F)cc2C1.CC(C)(C)OC(=O)N1CCc2c(CCl)cc(F)cc2C1. The number of carbonyl (C=O) groups is 2. The fourth-order valence-electron chi connectivity index (χ4n) is 4.70. The third-order valence-electron chi connectivity index (χ3n) is 6.38. The molecule has 4 rings (SSSR count). The van der Waals surface area contributed by atoms with Gasteiger partial charge in [-0.25, -0.2) is 18.4 Å². The quantitative estimate of drug-likeness (QED) is 0.332. The monoisotopic (exact) mass is 598 g/mol. The highest BCUT2D eigenvalue weighted by atomic mass is 35.5. The van der Waals surface area contributed by atoms with Gasteiger partial charge in [0.25, 0.3) is 0 Å². The van der Waals surface area contributed by atoms with Gasteiger partial charge in [0, 0.05) is 37.9 Å². The van der Waals surface area contributed by atoms with Crippen LogP contribution in [0.3, 0.4) is 0 Å². The van der Waals surface area contributed by atoms with E-state index in [1.807, 2.05) is 41.5 Å². The number of hydrogen-bond acceptors (Lipinski definition) is 4. The van der Waals surface area contributed by atoms with Crippen molar-refractivity contribution in [2.24, 2.45) is 0 Å². The molecule has 6 nitrogen and oxygen atoms in total. The summed E-state index contributed by atoms with van der Waals surface area (Å²) in [5, 5.41) is 0. The van der Waals surface area contributed by atoms with Crippen LogP contribution in [0.15, 0.2) is 24.3 Å². The van der Waals surface area contributed by atoms with Gasteiger partial charge in [-0.2, -0.15) is 0 Å². The second kappa shape index (κ2) is 12.9. The minimum absolute atomic E-state index is 0.284. The molecular formula is C30H38Cl2F2N2O4. The molecule has 2 aromatic carbocycles. The second-order valence-corrected chi connectivity index (χ2v) is 12.5. The van der Waals surface area contributed by atoms with Crippen molar-refractivity contribution >= 4 is 35.4 Å². The summed E-state index contributed by atoms with van der Waals surface area (Å²) in [6.07, 6.45) is 0.632. The smallest absolute Gasteiger partial charge is 0.410 e. The summed E-state index contributed by atoms with van der Waals surface area (Å²) in [6.45, 7) is 12.8. The topological polar surface area (TPSA) is 59.1 Å². The number of hydrogen-bond donors (Lipinski definition) is 0. The van der Waals surface area contributed by atoms with Crippen LogP contribution in [0, 0.1) is 11.6 Å². The fraction of sp³-hybridized carbons (Fsp3) is 0.533. The Kier molecular flexibility index (Phi) is 10.3. The Morgan fingerprint density at radius 1 is 0.725 bits per heavy atom. The fourth-order valence-corrected chi connectivity index (χ4v) is 5.18. The Hall–Kier alpha value is -2.58. The third kappa shape index (κ3) is 8.71. The first kappa shape index (κ1) is 31.9. The van der Waals surface area contributed by atoms with Gasteiger partial charge in [-0.3, -0.25) is 0 Å². The van der Waals surface area contributed by atoms with Crippen LogP contribution in [-0.4, -0.2) is 46.3 Å². The van der Waals surface area contributed by atoms with Gasteiger partial charge in [0.2, 0.25) is 0 Å². The van der Waals surface area contributed by atoms with Crippen molar-refractivity contribution < 1.29 is 27.8 Å². The summed E-state index contributed by atoms with van der Waals surface area (Å²) in [6, 6.07) is 5.88. The lowest BCUT2D eigenvalue weighted by Crippen LogP contribution is -2.40. The lowest BCUT2D eigenvalue weighted by atomic mass is 9.95. The van der Waals surface area contributed by atoms with Crippen molar-refractivity contribution in [1.82, 2.24) is 9.80 Å². The molecule has 2 aromatic rings. The Balaban J connectivity index is 0.000000220. The van der Waals surface area contributed by atoms with E-state index in [2.05, 4.69) is 0 Å². The number of alkyl halides is 2. The number of rotatable bonds is 2. The van der Waals surface area contributed by atoms with Crippen LogP contribution in [0.1, 0.15) is 74.9 Å². The molecule has 0 N–H and O–H groups in total. The summed E-state index contributed by atoms with van der Waals surface area (Å²) in [5.74, 6) is -0.0603. The minimum atomic E-state index is -0.527. The maximum absolute atomic E-state index is 13.5. The van der Waals surface area contributed by atoms with Crippen LogP contribution in [0.25, 0.3) is 0 Å². The van der Waals surface area contributed by atoms with E-state index in [1.165, 1.54) is 24.3 Å². The first-order valence-electron chi connectivity index (χ1n) is 13.3. The lowest BCUT2D eigenvalue weighted by Gasteiger charge is -2.32. The first-order valence-corrected chi connectivity index (χ1v) is 14.3. The zero-order chi connectivity index (χ0) is 29.8. The van der Waals surface area contributed by atoms with Crippen molar-refractivity contribution in [1.29, 1.82) is 0 Å². The predicted molar refractivity (Wildman–Crippen MR) is 153 cm³/mol. The zero-order valence-corrected chi connectivity index (χ0v) is 25.5. The van der Waals surface area contributed by atoms with Crippen LogP contribution in [-0.2, 0) is 47.2 Å². The van der Waals surface area contributed by atoms with E-state index in [9.17, 15) is 18.4 Å². The number of benzene rings is 2. The molecule has 0 atom stereocenters. The van der Waals surface area contributed by atoms with Crippen molar-refractivity contribution in [2.45, 2.75) is 90.4 Å². The number of nitrogens with zero attached hydrogens (tertiary/aromatic N) is 2. The van der Waals surface area contributed by atoms with E-state index in [0.717, 1.165) is 33.4 Å². The number of fused-ring (bicyclic) bond motifs is 2. The Morgan fingerprint density at radius 3 is 1.38 bits per heavy atom. The van der Waals surface area contributed by atoms with Gasteiger partial charge in [0.15, 0.2) is 0 Å². The number of ether oxygens (including phenoxy) is 2. The van der Waals surface area contributed by atoms with E-state index in [-0.39, 0.29) is 35.6 Å². The molecule has 2 aliphatic rings. The van der Waals surface area contributed by atoms with E-state index < -0.39 is 11.2 Å². The molecule has 0 unspecified atom stereocenters. The lowest BCUT2D eigenvalue weighted by molar-refractivity contribution is 0.0213. The molecule has 0 radical (unpaired) electrons. The van der Waals surface area contributed by atoms with Crippen LogP contribution >= 0.6 is 23.2 Å². The maximum atomic E-state index is 13.5. The molecule has 2 aliphatic heterocycles. The Morgan fingerprint density at radius 2 is 1.07 bits per heavy atom. The van der Waals surface area contributed by atoms with E-state index in [0.29, 0.717) is 39.0 Å². The number of carbonyl (C=O) groups excluding carboxylic acids is 2. The molecule has 0 spiro atoms. The number of halogens is 4. The van der Waals surface area contributed by atoms with Gasteiger partial charge in [-0.1, -0.05) is 0 Å². The van der Waals surface area contributed by atoms with Gasteiger partial charge >= 0.3 is 12.2 Å².